The van der Waals surface area contributed by atoms with Crippen molar-refractivity contribution in [1.82, 2.24) is 0 Å². The lowest BCUT2D eigenvalue weighted by molar-refractivity contribution is -0.198. The smallest absolute Gasteiger partial charge is 0.349 e. The molecule has 0 aromatic heterocycles. The van der Waals surface area contributed by atoms with Gasteiger partial charge in [0.1, 0.15) is 6.10 Å². The first kappa shape index (κ1) is 19.8. The van der Waals surface area contributed by atoms with Crippen LogP contribution in [-0.2, 0) is 24.9 Å². The summed E-state index contributed by atoms with van der Waals surface area (Å²) in [5, 5.41) is -0.0462. The van der Waals surface area contributed by atoms with Gasteiger partial charge in [0, 0.05) is 10.1 Å². The van der Waals surface area contributed by atoms with E-state index >= 15 is 0 Å². The molecular formula is C21H32O4Si. The third-order valence-electron chi connectivity index (χ3n) is 5.12. The quantitative estimate of drug-likeness (QED) is 0.553. The molecule has 2 aliphatic heterocycles. The Hall–Kier alpha value is -0.983. The lowest BCUT2D eigenvalue weighted by Gasteiger charge is -2.54. The van der Waals surface area contributed by atoms with E-state index in [4.69, 9.17) is 18.3 Å². The number of ether oxygens (including phenoxy) is 2. The van der Waals surface area contributed by atoms with Crippen LogP contribution in [0, 0.1) is 0 Å². The van der Waals surface area contributed by atoms with E-state index in [0.29, 0.717) is 13.2 Å². The second kappa shape index (κ2) is 7.21. The molecule has 0 spiro atoms. The number of hydrogen-bond acceptors (Lipinski definition) is 4. The van der Waals surface area contributed by atoms with E-state index in [1.54, 1.807) is 0 Å². The van der Waals surface area contributed by atoms with Crippen LogP contribution in [0.25, 0.3) is 0 Å². The summed E-state index contributed by atoms with van der Waals surface area (Å²) in [5.41, 5.74) is 1.13. The molecule has 0 bridgehead atoms. The summed E-state index contributed by atoms with van der Waals surface area (Å²) < 4.78 is 25.1. The lowest BCUT2D eigenvalue weighted by Crippen LogP contribution is -2.65. The minimum Gasteiger partial charge on any atom is -0.391 e. The van der Waals surface area contributed by atoms with Crippen LogP contribution in [0.4, 0.5) is 0 Å². The largest absolute Gasteiger partial charge is 0.391 e. The van der Waals surface area contributed by atoms with Gasteiger partial charge in [0.15, 0.2) is 6.29 Å². The van der Waals surface area contributed by atoms with E-state index in [2.05, 4.69) is 59.8 Å². The Kier molecular flexibility index (Phi) is 5.48. The molecule has 2 heterocycles. The van der Waals surface area contributed by atoms with Gasteiger partial charge < -0.3 is 18.3 Å². The third kappa shape index (κ3) is 3.82. The van der Waals surface area contributed by atoms with Crippen molar-refractivity contribution in [3.05, 3.63) is 48.0 Å². The Morgan fingerprint density at radius 2 is 1.65 bits per heavy atom. The minimum absolute atomic E-state index is 0.0231. The Morgan fingerprint density at radius 3 is 2.27 bits per heavy atom. The molecule has 144 valence electrons. The zero-order chi connectivity index (χ0) is 19.0. The normalized spacial score (nSPS) is 28.6. The third-order valence-corrected chi connectivity index (χ3v) is 10.2. The second-order valence-corrected chi connectivity index (χ2v) is 14.0. The van der Waals surface area contributed by atoms with Crippen molar-refractivity contribution >= 4 is 8.56 Å². The van der Waals surface area contributed by atoms with Crippen molar-refractivity contribution in [2.45, 2.75) is 76.7 Å². The molecule has 1 aromatic rings. The van der Waals surface area contributed by atoms with E-state index < -0.39 is 8.56 Å². The molecule has 2 aliphatic rings. The monoisotopic (exact) mass is 376 g/mol. The van der Waals surface area contributed by atoms with Gasteiger partial charge in [0.25, 0.3) is 0 Å². The maximum absolute atomic E-state index is 6.67. The van der Waals surface area contributed by atoms with Gasteiger partial charge in [-0.05, 0) is 11.6 Å². The average molecular weight is 377 g/mol. The molecule has 1 aromatic carbocycles. The van der Waals surface area contributed by atoms with E-state index in [1.807, 2.05) is 24.3 Å². The molecule has 26 heavy (non-hydrogen) atoms. The molecule has 0 N–H and O–H groups in total. The zero-order valence-corrected chi connectivity index (χ0v) is 17.8. The second-order valence-electron chi connectivity index (χ2n) is 9.23. The molecular weight excluding hydrogens is 344 g/mol. The van der Waals surface area contributed by atoms with E-state index in [9.17, 15) is 0 Å². The van der Waals surface area contributed by atoms with Crippen molar-refractivity contribution < 1.29 is 18.3 Å². The minimum atomic E-state index is -2.46. The van der Waals surface area contributed by atoms with Crippen molar-refractivity contribution in [3.63, 3.8) is 0 Å². The Bertz CT molecular complexity index is 616. The topological polar surface area (TPSA) is 36.9 Å². The summed E-state index contributed by atoms with van der Waals surface area (Å²) in [5.74, 6) is 0. The lowest BCUT2D eigenvalue weighted by atomic mass is 10.1. The molecule has 3 rings (SSSR count). The Labute approximate surface area is 158 Å². The first-order chi connectivity index (χ1) is 12.1. The highest BCUT2D eigenvalue weighted by Gasteiger charge is 2.62. The van der Waals surface area contributed by atoms with Gasteiger partial charge in [-0.3, -0.25) is 0 Å². The molecule has 0 radical (unpaired) electrons. The van der Waals surface area contributed by atoms with Crippen LogP contribution in [0.15, 0.2) is 42.5 Å². The van der Waals surface area contributed by atoms with Crippen LogP contribution in [-0.4, -0.2) is 33.7 Å². The van der Waals surface area contributed by atoms with Crippen molar-refractivity contribution in [2.75, 3.05) is 6.61 Å². The SMILES string of the molecule is CC(C)(C)[Si]1(C(C)(C)C)OC[C@H]2O[C@H](OCc3ccccc3)C=C[C@H]2O1. The highest BCUT2D eigenvalue weighted by molar-refractivity contribution is 6.73. The van der Waals surface area contributed by atoms with Gasteiger partial charge in [0.05, 0.1) is 19.3 Å². The fourth-order valence-electron chi connectivity index (χ4n) is 4.05. The average Bonchev–Trinajstić information content (AvgIpc) is 2.58. The fourth-order valence-corrected chi connectivity index (χ4v) is 8.96. The number of fused-ring (bicyclic) bond motifs is 1. The Balaban J connectivity index is 1.68. The van der Waals surface area contributed by atoms with Crippen LogP contribution in [0.5, 0.6) is 0 Å². The van der Waals surface area contributed by atoms with Gasteiger partial charge in [-0.1, -0.05) is 78.0 Å². The molecule has 1 saturated heterocycles. The molecule has 0 unspecified atom stereocenters. The predicted octanol–water partition coefficient (Wildman–Crippen LogP) is 4.94. The predicted molar refractivity (Wildman–Crippen MR) is 105 cm³/mol. The van der Waals surface area contributed by atoms with Crippen LogP contribution in [0.2, 0.25) is 10.1 Å². The van der Waals surface area contributed by atoms with E-state index in [-0.39, 0.29) is 28.6 Å². The number of rotatable bonds is 3. The molecule has 3 atom stereocenters. The summed E-state index contributed by atoms with van der Waals surface area (Å²) in [6.45, 7) is 14.4. The highest BCUT2D eigenvalue weighted by Crippen LogP contribution is 2.54. The van der Waals surface area contributed by atoms with Crippen molar-refractivity contribution in [3.8, 4) is 0 Å². The summed E-state index contributed by atoms with van der Waals surface area (Å²) in [6.07, 6.45) is 3.53. The van der Waals surface area contributed by atoms with Crippen LogP contribution < -0.4 is 0 Å². The maximum atomic E-state index is 6.67. The summed E-state index contributed by atoms with van der Waals surface area (Å²) >= 11 is 0. The first-order valence-electron chi connectivity index (χ1n) is 9.43. The molecule has 1 fully saturated rings. The zero-order valence-electron chi connectivity index (χ0n) is 16.8. The standard InChI is InChI=1S/C21H32O4Si/c1-20(2,3)26(21(4,5)6)23-15-18-17(25-26)12-13-19(24-18)22-14-16-10-8-7-9-11-16/h7-13,17-19H,14-15H2,1-6H3/t17-,18-,19+/m1/s1. The molecule has 0 aliphatic carbocycles. The highest BCUT2D eigenvalue weighted by atomic mass is 28.4. The maximum Gasteiger partial charge on any atom is 0.349 e. The van der Waals surface area contributed by atoms with Gasteiger partial charge >= 0.3 is 8.56 Å². The summed E-state index contributed by atoms with van der Waals surface area (Å²) in [6, 6.07) is 10.1. The van der Waals surface area contributed by atoms with Crippen LogP contribution in [0.1, 0.15) is 47.1 Å². The van der Waals surface area contributed by atoms with Crippen molar-refractivity contribution in [1.29, 1.82) is 0 Å². The molecule has 4 nitrogen and oxygen atoms in total. The fraction of sp³-hybridized carbons (Fsp3) is 0.619. The first-order valence-corrected chi connectivity index (χ1v) is 11.3. The molecule has 0 saturated carbocycles. The van der Waals surface area contributed by atoms with Gasteiger partial charge in [-0.15, -0.1) is 0 Å². The van der Waals surface area contributed by atoms with Crippen molar-refractivity contribution in [2.24, 2.45) is 0 Å². The number of benzene rings is 1. The summed E-state index contributed by atoms with van der Waals surface area (Å²) in [7, 11) is -2.46. The molecule has 0 amide bonds. The van der Waals surface area contributed by atoms with Crippen LogP contribution >= 0.6 is 0 Å². The number of hydrogen-bond donors (Lipinski definition) is 0. The van der Waals surface area contributed by atoms with Gasteiger partial charge in [-0.25, -0.2) is 0 Å². The summed E-state index contributed by atoms with van der Waals surface area (Å²) in [4.78, 5) is 0. The van der Waals surface area contributed by atoms with Gasteiger partial charge in [-0.2, -0.15) is 0 Å². The van der Waals surface area contributed by atoms with Crippen LogP contribution in [0.3, 0.4) is 0 Å². The molecule has 5 heteroatoms. The Morgan fingerprint density at radius 1 is 1.00 bits per heavy atom. The van der Waals surface area contributed by atoms with E-state index in [1.165, 1.54) is 0 Å². The van der Waals surface area contributed by atoms with E-state index in [0.717, 1.165) is 5.56 Å². The van der Waals surface area contributed by atoms with Gasteiger partial charge in [0.2, 0.25) is 0 Å².